The Balaban J connectivity index is 0.00000261. The first-order valence-electron chi connectivity index (χ1n) is 9.69. The number of benzene rings is 1. The van der Waals surface area contributed by atoms with Crippen molar-refractivity contribution < 1.29 is 14.3 Å². The third-order valence-electron chi connectivity index (χ3n) is 5.05. The number of nitrogens with two attached hydrogens (primary N) is 1. The van der Waals surface area contributed by atoms with Crippen LogP contribution in [-0.2, 0) is 4.74 Å². The second-order valence-corrected chi connectivity index (χ2v) is 7.70. The summed E-state index contributed by atoms with van der Waals surface area (Å²) < 4.78 is 11.9. The van der Waals surface area contributed by atoms with E-state index < -0.39 is 0 Å². The summed E-state index contributed by atoms with van der Waals surface area (Å²) in [6.45, 7) is 4.22. The van der Waals surface area contributed by atoms with Gasteiger partial charge in [-0.2, -0.15) is 0 Å². The molecular weight excluding hydrogens is 387 g/mol. The summed E-state index contributed by atoms with van der Waals surface area (Å²) >= 11 is 6.14. The number of nitrogens with zero attached hydrogens (tertiary/aromatic N) is 1. The van der Waals surface area contributed by atoms with E-state index in [1.807, 2.05) is 4.90 Å². The van der Waals surface area contributed by atoms with E-state index in [0.717, 1.165) is 19.3 Å². The number of ether oxygens (including phenoxy) is 2. The van der Waals surface area contributed by atoms with Gasteiger partial charge in [-0.05, 0) is 43.4 Å². The van der Waals surface area contributed by atoms with Gasteiger partial charge in [-0.15, -0.1) is 12.4 Å². The number of carbonyl (C=O) groups excluding carboxylic acids is 1. The molecule has 2 aliphatic rings. The third kappa shape index (κ3) is 5.98. The highest BCUT2D eigenvalue weighted by molar-refractivity contribution is 6.31. The lowest BCUT2D eigenvalue weighted by Gasteiger charge is -2.38. The molecule has 0 bridgehead atoms. The van der Waals surface area contributed by atoms with Gasteiger partial charge >= 0.3 is 0 Å². The molecule has 27 heavy (non-hydrogen) atoms. The zero-order valence-electron chi connectivity index (χ0n) is 15.9. The number of amides is 1. The molecule has 1 aromatic rings. The van der Waals surface area contributed by atoms with Gasteiger partial charge in [-0.1, -0.05) is 31.4 Å². The summed E-state index contributed by atoms with van der Waals surface area (Å²) in [5.41, 5.74) is 6.05. The van der Waals surface area contributed by atoms with Crippen molar-refractivity contribution in [3.8, 4) is 5.75 Å². The maximum atomic E-state index is 13.2. The number of rotatable bonds is 8. The Morgan fingerprint density at radius 3 is 2.81 bits per heavy atom. The molecule has 152 valence electrons. The molecule has 1 amide bonds. The van der Waals surface area contributed by atoms with E-state index in [-0.39, 0.29) is 30.5 Å². The average molecular weight is 417 g/mol. The molecule has 1 saturated heterocycles. The molecule has 5 nitrogen and oxygen atoms in total. The van der Waals surface area contributed by atoms with Crippen LogP contribution < -0.4 is 10.5 Å². The highest BCUT2D eigenvalue weighted by Crippen LogP contribution is 2.38. The quantitative estimate of drug-likeness (QED) is 0.697. The van der Waals surface area contributed by atoms with E-state index in [1.54, 1.807) is 18.2 Å². The highest BCUT2D eigenvalue weighted by atomic mass is 35.5. The first-order valence-corrected chi connectivity index (χ1v) is 10.1. The van der Waals surface area contributed by atoms with Crippen LogP contribution in [0.25, 0.3) is 0 Å². The minimum Gasteiger partial charge on any atom is -0.491 e. The summed E-state index contributed by atoms with van der Waals surface area (Å²) in [6.07, 6.45) is 5.92. The van der Waals surface area contributed by atoms with Crippen LogP contribution in [0, 0.1) is 5.92 Å². The van der Waals surface area contributed by atoms with Crippen molar-refractivity contribution in [1.29, 1.82) is 0 Å². The fourth-order valence-electron chi connectivity index (χ4n) is 3.49. The molecule has 1 heterocycles. The monoisotopic (exact) mass is 416 g/mol. The smallest absolute Gasteiger partial charge is 0.257 e. The van der Waals surface area contributed by atoms with Crippen molar-refractivity contribution in [2.75, 3.05) is 26.2 Å². The van der Waals surface area contributed by atoms with Gasteiger partial charge in [0.05, 0.1) is 17.8 Å². The summed E-state index contributed by atoms with van der Waals surface area (Å²) in [5.74, 6) is 1.11. The first kappa shape index (κ1) is 22.3. The molecule has 1 aromatic carbocycles. The highest BCUT2D eigenvalue weighted by Gasteiger charge is 2.40. The molecule has 7 heteroatoms. The van der Waals surface area contributed by atoms with E-state index in [2.05, 4.69) is 6.92 Å². The Bertz CT molecular complexity index is 625. The summed E-state index contributed by atoms with van der Waals surface area (Å²) in [4.78, 5) is 15.2. The van der Waals surface area contributed by atoms with Crippen molar-refractivity contribution in [3.05, 3.63) is 28.8 Å². The molecule has 2 N–H and O–H groups in total. The molecule has 0 unspecified atom stereocenters. The van der Waals surface area contributed by atoms with Gasteiger partial charge in [-0.3, -0.25) is 4.79 Å². The summed E-state index contributed by atoms with van der Waals surface area (Å²) in [7, 11) is 0. The number of carbonyl (C=O) groups is 1. The van der Waals surface area contributed by atoms with Crippen LogP contribution in [0.15, 0.2) is 18.2 Å². The number of morpholine rings is 1. The fraction of sp³-hybridized carbons (Fsp3) is 0.650. The van der Waals surface area contributed by atoms with E-state index in [1.165, 1.54) is 12.8 Å². The van der Waals surface area contributed by atoms with Crippen molar-refractivity contribution in [2.45, 2.75) is 51.2 Å². The second kappa shape index (κ2) is 10.5. The van der Waals surface area contributed by atoms with E-state index in [4.69, 9.17) is 26.8 Å². The molecule has 1 saturated carbocycles. The average Bonchev–Trinajstić information content (AvgIpc) is 3.49. The molecule has 2 fully saturated rings. The predicted octanol–water partition coefficient (Wildman–Crippen LogP) is 3.91. The van der Waals surface area contributed by atoms with Crippen LogP contribution >= 0.6 is 24.0 Å². The molecule has 0 radical (unpaired) electrons. The topological polar surface area (TPSA) is 64.8 Å². The van der Waals surface area contributed by atoms with Gasteiger partial charge < -0.3 is 20.1 Å². The fourth-order valence-corrected chi connectivity index (χ4v) is 3.66. The first-order chi connectivity index (χ1) is 12.6. The van der Waals surface area contributed by atoms with E-state index in [9.17, 15) is 4.79 Å². The standard InChI is InChI=1S/C20H29ClN2O3.ClH/c1-2-3-4-16-12-23(13-19(26-16)14-5-6-14)20(24)17-11-15(21)7-8-18(17)25-10-9-22;/h7-8,11,14,16,19H,2-6,9-10,12-13,22H2,1H3;1H/t16-,19-;/m1./s1. The molecule has 2 atom stereocenters. The SMILES string of the molecule is CCCC[C@@H]1CN(C(=O)c2cc(Cl)ccc2OCCN)C[C@H](C2CC2)O1.Cl. The molecule has 1 aliphatic heterocycles. The van der Waals surface area contributed by atoms with Crippen LogP contribution in [0.4, 0.5) is 0 Å². The lowest BCUT2D eigenvalue weighted by Crippen LogP contribution is -2.50. The normalized spacial score (nSPS) is 22.3. The number of hydrogen-bond acceptors (Lipinski definition) is 4. The third-order valence-corrected chi connectivity index (χ3v) is 5.29. The minimum absolute atomic E-state index is 0. The van der Waals surface area contributed by atoms with Crippen LogP contribution in [0.2, 0.25) is 5.02 Å². The van der Waals surface area contributed by atoms with Gasteiger partial charge in [0.1, 0.15) is 12.4 Å². The number of halogens is 2. The molecule has 0 aromatic heterocycles. The maximum absolute atomic E-state index is 13.2. The van der Waals surface area contributed by atoms with Gasteiger partial charge in [0.25, 0.3) is 5.91 Å². The van der Waals surface area contributed by atoms with Gasteiger partial charge in [0, 0.05) is 24.7 Å². The zero-order chi connectivity index (χ0) is 18.5. The molecule has 3 rings (SSSR count). The van der Waals surface area contributed by atoms with Crippen LogP contribution in [0.3, 0.4) is 0 Å². The summed E-state index contributed by atoms with van der Waals surface area (Å²) in [5, 5.41) is 0.531. The summed E-state index contributed by atoms with van der Waals surface area (Å²) in [6, 6.07) is 5.18. The largest absolute Gasteiger partial charge is 0.491 e. The van der Waals surface area contributed by atoms with Crippen molar-refractivity contribution in [1.82, 2.24) is 4.90 Å². The zero-order valence-corrected chi connectivity index (χ0v) is 17.4. The van der Waals surface area contributed by atoms with E-state index >= 15 is 0 Å². The molecule has 0 spiro atoms. The predicted molar refractivity (Wildman–Crippen MR) is 110 cm³/mol. The molecular formula is C20H30Cl2N2O3. The van der Waals surface area contributed by atoms with Crippen LogP contribution in [0.5, 0.6) is 5.75 Å². The lowest BCUT2D eigenvalue weighted by molar-refractivity contribution is -0.0874. The Kier molecular flexibility index (Phi) is 8.67. The Morgan fingerprint density at radius 1 is 1.37 bits per heavy atom. The van der Waals surface area contributed by atoms with Crippen molar-refractivity contribution in [3.63, 3.8) is 0 Å². The molecule has 1 aliphatic carbocycles. The number of unbranched alkanes of at least 4 members (excludes halogenated alkanes) is 1. The van der Waals surface area contributed by atoms with Crippen molar-refractivity contribution in [2.24, 2.45) is 11.7 Å². The lowest BCUT2D eigenvalue weighted by atomic mass is 10.1. The van der Waals surface area contributed by atoms with E-state index in [0.29, 0.717) is 48.5 Å². The maximum Gasteiger partial charge on any atom is 0.257 e. The van der Waals surface area contributed by atoms with Gasteiger partial charge in [-0.25, -0.2) is 0 Å². The second-order valence-electron chi connectivity index (χ2n) is 7.26. The van der Waals surface area contributed by atoms with Crippen LogP contribution in [0.1, 0.15) is 49.4 Å². The Morgan fingerprint density at radius 2 is 2.15 bits per heavy atom. The minimum atomic E-state index is -0.0324. The number of hydrogen-bond donors (Lipinski definition) is 1. The van der Waals surface area contributed by atoms with Crippen LogP contribution in [-0.4, -0.2) is 49.3 Å². The van der Waals surface area contributed by atoms with Gasteiger partial charge in [0.2, 0.25) is 0 Å². The Labute approximate surface area is 172 Å². The van der Waals surface area contributed by atoms with Gasteiger partial charge in [0.15, 0.2) is 0 Å². The Hall–Kier alpha value is -1.01. The van der Waals surface area contributed by atoms with Crippen molar-refractivity contribution >= 4 is 29.9 Å².